The molecule has 16 heavy (non-hydrogen) atoms. The second-order valence-electron chi connectivity index (χ2n) is 3.94. The van der Waals surface area contributed by atoms with E-state index >= 15 is 0 Å². The molecule has 0 atom stereocenters. The van der Waals surface area contributed by atoms with E-state index in [-0.39, 0.29) is 0 Å². The second kappa shape index (κ2) is 6.43. The molecule has 0 saturated heterocycles. The quantitative estimate of drug-likeness (QED) is 0.583. The Morgan fingerprint density at radius 3 is 2.94 bits per heavy atom. The van der Waals surface area contributed by atoms with Gasteiger partial charge in [0.05, 0.1) is 31.8 Å². The first-order valence-corrected chi connectivity index (χ1v) is 6.15. The van der Waals surface area contributed by atoms with Crippen LogP contribution < -0.4 is 0 Å². The first-order chi connectivity index (χ1) is 7.63. The molecule has 0 aliphatic heterocycles. The Labute approximate surface area is 101 Å². The molecule has 0 radical (unpaired) electrons. The third kappa shape index (κ3) is 4.14. The van der Waals surface area contributed by atoms with Crippen LogP contribution in [0.15, 0.2) is 22.2 Å². The van der Waals surface area contributed by atoms with Crippen LogP contribution in [0.25, 0.3) is 0 Å². The first-order valence-electron chi connectivity index (χ1n) is 5.27. The van der Waals surface area contributed by atoms with Gasteiger partial charge >= 0.3 is 0 Å². The summed E-state index contributed by atoms with van der Waals surface area (Å²) >= 11 is 1.63. The molecule has 0 spiro atoms. The minimum atomic E-state index is 0.480. The molecule has 1 aromatic rings. The van der Waals surface area contributed by atoms with E-state index in [1.54, 1.807) is 24.7 Å². The Bertz CT molecular complexity index is 380. The Hall–Kier alpha value is -1.16. The minimum absolute atomic E-state index is 0.480. The van der Waals surface area contributed by atoms with Crippen LogP contribution in [0.2, 0.25) is 0 Å². The van der Waals surface area contributed by atoms with Crippen molar-refractivity contribution in [2.24, 2.45) is 4.99 Å². The number of aromatic nitrogens is 1. The van der Waals surface area contributed by atoms with E-state index in [1.165, 1.54) is 0 Å². The van der Waals surface area contributed by atoms with Gasteiger partial charge in [0, 0.05) is 5.38 Å². The van der Waals surface area contributed by atoms with Gasteiger partial charge in [-0.2, -0.15) is 0 Å². The fourth-order valence-corrected chi connectivity index (χ4v) is 1.99. The van der Waals surface area contributed by atoms with E-state index in [9.17, 15) is 0 Å². The molecule has 4 heteroatoms. The van der Waals surface area contributed by atoms with Crippen LogP contribution >= 0.6 is 11.3 Å². The summed E-state index contributed by atoms with van der Waals surface area (Å²) < 4.78 is 4.89. The third-order valence-electron chi connectivity index (χ3n) is 1.99. The lowest BCUT2D eigenvalue weighted by molar-refractivity contribution is 0.333. The molecule has 0 N–H and O–H groups in total. The number of nitrogens with zero attached hydrogens (tertiary/aromatic N) is 2. The van der Waals surface area contributed by atoms with E-state index < -0.39 is 0 Å². The molecule has 88 valence electrons. The lowest BCUT2D eigenvalue weighted by Gasteiger charge is -1.96. The Balaban J connectivity index is 2.53. The smallest absolute Gasteiger partial charge is 0.134 e. The van der Waals surface area contributed by atoms with Crippen molar-refractivity contribution in [2.75, 3.05) is 13.7 Å². The number of rotatable bonds is 5. The molecule has 1 aromatic heterocycles. The van der Waals surface area contributed by atoms with Gasteiger partial charge in [-0.1, -0.05) is 13.8 Å². The van der Waals surface area contributed by atoms with Crippen LogP contribution in [-0.2, 0) is 4.74 Å². The van der Waals surface area contributed by atoms with Crippen molar-refractivity contribution in [3.63, 3.8) is 0 Å². The molecule has 0 unspecified atom stereocenters. The fraction of sp³-hybridized carbons (Fsp3) is 0.500. The molecule has 0 bridgehead atoms. The van der Waals surface area contributed by atoms with Gasteiger partial charge in [-0.05, 0) is 18.4 Å². The van der Waals surface area contributed by atoms with Crippen LogP contribution in [0.3, 0.4) is 0 Å². The minimum Gasteiger partial charge on any atom is -0.504 e. The van der Waals surface area contributed by atoms with E-state index in [4.69, 9.17) is 4.74 Å². The number of hydrogen-bond acceptors (Lipinski definition) is 4. The summed E-state index contributed by atoms with van der Waals surface area (Å²) in [6, 6.07) is 0. The summed E-state index contributed by atoms with van der Waals surface area (Å²) in [6.07, 6.45) is 3.53. The Morgan fingerprint density at radius 1 is 1.62 bits per heavy atom. The summed E-state index contributed by atoms with van der Waals surface area (Å²) in [7, 11) is 1.64. The molecule has 0 aliphatic rings. The highest BCUT2D eigenvalue weighted by Crippen LogP contribution is 2.16. The topological polar surface area (TPSA) is 34.5 Å². The molecule has 0 saturated carbocycles. The number of methoxy groups -OCH3 is 1. The molecule has 0 amide bonds. The fourth-order valence-electron chi connectivity index (χ4n) is 1.13. The van der Waals surface area contributed by atoms with Crippen LogP contribution in [0, 0.1) is 0 Å². The molecule has 0 aliphatic carbocycles. The first kappa shape index (κ1) is 12.9. The maximum atomic E-state index is 4.89. The molecular weight excluding hydrogens is 220 g/mol. The normalized spacial score (nSPS) is 12.7. The Kier molecular flexibility index (Phi) is 5.19. The van der Waals surface area contributed by atoms with Crippen LogP contribution in [0.4, 0.5) is 0 Å². The number of thiazole rings is 1. The largest absolute Gasteiger partial charge is 0.504 e. The van der Waals surface area contributed by atoms with E-state index in [1.807, 2.05) is 13.1 Å². The zero-order chi connectivity index (χ0) is 12.0. The predicted molar refractivity (Wildman–Crippen MR) is 69.4 cm³/mol. The van der Waals surface area contributed by atoms with E-state index in [0.29, 0.717) is 12.5 Å². The van der Waals surface area contributed by atoms with E-state index in [2.05, 4.69) is 29.2 Å². The lowest BCUT2D eigenvalue weighted by Crippen LogP contribution is -1.89. The van der Waals surface area contributed by atoms with Crippen molar-refractivity contribution in [2.45, 2.75) is 26.7 Å². The maximum Gasteiger partial charge on any atom is 0.134 e. The average Bonchev–Trinajstić information content (AvgIpc) is 2.67. The zero-order valence-corrected chi connectivity index (χ0v) is 11.0. The lowest BCUT2D eigenvalue weighted by atomic mass is 10.2. The Morgan fingerprint density at radius 2 is 2.38 bits per heavy atom. The van der Waals surface area contributed by atoms with Crippen molar-refractivity contribution in [1.29, 1.82) is 0 Å². The molecule has 3 nitrogen and oxygen atoms in total. The van der Waals surface area contributed by atoms with Gasteiger partial charge < -0.3 is 4.74 Å². The van der Waals surface area contributed by atoms with Crippen molar-refractivity contribution >= 4 is 17.6 Å². The molecule has 1 heterocycles. The van der Waals surface area contributed by atoms with Crippen LogP contribution in [0.5, 0.6) is 0 Å². The summed E-state index contributed by atoms with van der Waals surface area (Å²) in [4.78, 5) is 8.78. The van der Waals surface area contributed by atoms with Gasteiger partial charge in [-0.25, -0.2) is 4.98 Å². The molecule has 1 rings (SSSR count). The highest BCUT2D eigenvalue weighted by atomic mass is 32.1. The van der Waals surface area contributed by atoms with Gasteiger partial charge in [0.1, 0.15) is 5.01 Å². The van der Waals surface area contributed by atoms with Gasteiger partial charge in [-0.3, -0.25) is 4.99 Å². The number of aliphatic imine (C=N–C) groups is 1. The summed E-state index contributed by atoms with van der Waals surface area (Å²) in [6.45, 7) is 6.93. The highest BCUT2D eigenvalue weighted by molar-refractivity contribution is 7.11. The molecular formula is C12H18N2OS. The highest BCUT2D eigenvalue weighted by Gasteiger charge is 2.03. The summed E-state index contributed by atoms with van der Waals surface area (Å²) in [5.74, 6) is 0.480. The van der Waals surface area contributed by atoms with Crippen LogP contribution in [-0.4, -0.2) is 24.9 Å². The van der Waals surface area contributed by atoms with E-state index in [0.717, 1.165) is 16.3 Å². The maximum absolute atomic E-state index is 4.89. The summed E-state index contributed by atoms with van der Waals surface area (Å²) in [5.41, 5.74) is 2.23. The number of ether oxygens (including phenoxy) is 1. The van der Waals surface area contributed by atoms with Gasteiger partial charge in [0.25, 0.3) is 0 Å². The van der Waals surface area contributed by atoms with Gasteiger partial charge in [0.2, 0.25) is 0 Å². The van der Waals surface area contributed by atoms with Crippen molar-refractivity contribution in [1.82, 2.24) is 4.98 Å². The van der Waals surface area contributed by atoms with Crippen molar-refractivity contribution < 1.29 is 4.74 Å². The average molecular weight is 238 g/mol. The zero-order valence-electron chi connectivity index (χ0n) is 10.2. The SMILES string of the molecule is CO/C=C(\C)CN=Cc1nc(C(C)C)cs1. The predicted octanol–water partition coefficient (Wildman–Crippen LogP) is 3.24. The van der Waals surface area contributed by atoms with Gasteiger partial charge in [-0.15, -0.1) is 11.3 Å². The van der Waals surface area contributed by atoms with Gasteiger partial charge in [0.15, 0.2) is 0 Å². The second-order valence-corrected chi connectivity index (χ2v) is 4.82. The number of hydrogen-bond donors (Lipinski definition) is 0. The standard InChI is InChI=1S/C12H18N2OS/c1-9(2)11-8-16-12(14-11)6-13-5-10(3)7-15-4/h6-9H,5H2,1-4H3/b10-7+,13-6?. The third-order valence-corrected chi connectivity index (χ3v) is 2.79. The molecule has 0 fully saturated rings. The van der Waals surface area contributed by atoms with Crippen molar-refractivity contribution in [3.8, 4) is 0 Å². The van der Waals surface area contributed by atoms with Crippen LogP contribution in [0.1, 0.15) is 37.4 Å². The summed E-state index contributed by atoms with van der Waals surface area (Å²) in [5, 5.41) is 3.05. The molecule has 0 aromatic carbocycles. The monoisotopic (exact) mass is 238 g/mol. The van der Waals surface area contributed by atoms with Crippen molar-refractivity contribution in [3.05, 3.63) is 27.9 Å².